The SMILES string of the molecule is CCCCCCc1c(CCCC)cc(O)c(CCCC)c1CCCC. The van der Waals surface area contributed by atoms with E-state index in [1.54, 1.807) is 5.56 Å². The van der Waals surface area contributed by atoms with Gasteiger partial charge in [0.2, 0.25) is 0 Å². The van der Waals surface area contributed by atoms with Gasteiger partial charge in [0.25, 0.3) is 0 Å². The van der Waals surface area contributed by atoms with Crippen molar-refractivity contribution >= 4 is 0 Å². The van der Waals surface area contributed by atoms with Crippen LogP contribution in [0.1, 0.15) is 114 Å². The van der Waals surface area contributed by atoms with Crippen LogP contribution in [0.15, 0.2) is 6.07 Å². The molecule has 0 aromatic heterocycles. The van der Waals surface area contributed by atoms with E-state index in [0.29, 0.717) is 5.75 Å². The number of rotatable bonds is 14. The van der Waals surface area contributed by atoms with Crippen LogP contribution >= 0.6 is 0 Å². The first-order valence-corrected chi connectivity index (χ1v) is 11.0. The van der Waals surface area contributed by atoms with Gasteiger partial charge < -0.3 is 5.11 Å². The van der Waals surface area contributed by atoms with Gasteiger partial charge in [-0.3, -0.25) is 0 Å². The molecule has 1 N–H and O–H groups in total. The lowest BCUT2D eigenvalue weighted by molar-refractivity contribution is 0.463. The maximum absolute atomic E-state index is 10.7. The predicted molar refractivity (Wildman–Crippen MR) is 112 cm³/mol. The van der Waals surface area contributed by atoms with Crippen molar-refractivity contribution in [3.8, 4) is 5.75 Å². The first-order valence-electron chi connectivity index (χ1n) is 11.0. The monoisotopic (exact) mass is 346 g/mol. The number of hydrogen-bond donors (Lipinski definition) is 1. The lowest BCUT2D eigenvalue weighted by atomic mass is 9.85. The first-order chi connectivity index (χ1) is 12.2. The third-order valence-corrected chi connectivity index (χ3v) is 5.38. The second-order valence-electron chi connectivity index (χ2n) is 7.61. The third kappa shape index (κ3) is 7.42. The number of benzene rings is 1. The molecule has 25 heavy (non-hydrogen) atoms. The number of phenolic OH excluding ortho intramolecular Hbond substituents is 1. The largest absolute Gasteiger partial charge is 0.508 e. The van der Waals surface area contributed by atoms with Crippen molar-refractivity contribution in [2.75, 3.05) is 0 Å². The van der Waals surface area contributed by atoms with E-state index >= 15 is 0 Å². The summed E-state index contributed by atoms with van der Waals surface area (Å²) < 4.78 is 0. The van der Waals surface area contributed by atoms with Crippen LogP contribution < -0.4 is 0 Å². The molecular formula is C24H42O. The summed E-state index contributed by atoms with van der Waals surface area (Å²) >= 11 is 0. The lowest BCUT2D eigenvalue weighted by Gasteiger charge is -2.21. The van der Waals surface area contributed by atoms with Crippen molar-refractivity contribution in [1.82, 2.24) is 0 Å². The minimum Gasteiger partial charge on any atom is -0.508 e. The molecule has 0 spiro atoms. The number of aromatic hydroxyl groups is 1. The Bertz CT molecular complexity index is 475. The number of phenols is 1. The summed E-state index contributed by atoms with van der Waals surface area (Å²) in [5.74, 6) is 0.572. The van der Waals surface area contributed by atoms with Crippen LogP contribution in [0.3, 0.4) is 0 Å². The highest BCUT2D eigenvalue weighted by Crippen LogP contribution is 2.33. The molecule has 1 nitrogen and oxygen atoms in total. The van der Waals surface area contributed by atoms with Crippen molar-refractivity contribution in [2.45, 2.75) is 118 Å². The van der Waals surface area contributed by atoms with E-state index in [1.165, 1.54) is 87.3 Å². The molecule has 0 atom stereocenters. The van der Waals surface area contributed by atoms with Gasteiger partial charge in [0.05, 0.1) is 0 Å². The zero-order valence-corrected chi connectivity index (χ0v) is 17.4. The van der Waals surface area contributed by atoms with Gasteiger partial charge in [0.1, 0.15) is 5.75 Å². The van der Waals surface area contributed by atoms with Crippen LogP contribution in [0.5, 0.6) is 5.75 Å². The fraction of sp³-hybridized carbons (Fsp3) is 0.750. The van der Waals surface area contributed by atoms with Crippen molar-refractivity contribution in [2.24, 2.45) is 0 Å². The normalized spacial score (nSPS) is 11.2. The fourth-order valence-electron chi connectivity index (χ4n) is 3.79. The molecule has 0 radical (unpaired) electrons. The van der Waals surface area contributed by atoms with E-state index in [9.17, 15) is 5.11 Å². The first kappa shape index (κ1) is 22.1. The molecule has 1 heteroatoms. The molecule has 0 saturated carbocycles. The van der Waals surface area contributed by atoms with Crippen LogP contribution in [0, 0.1) is 0 Å². The van der Waals surface area contributed by atoms with E-state index in [-0.39, 0.29) is 0 Å². The zero-order valence-electron chi connectivity index (χ0n) is 17.4. The van der Waals surface area contributed by atoms with Gasteiger partial charge in [0.15, 0.2) is 0 Å². The molecule has 0 heterocycles. The molecule has 0 aliphatic rings. The van der Waals surface area contributed by atoms with Crippen molar-refractivity contribution < 1.29 is 5.11 Å². The van der Waals surface area contributed by atoms with Crippen LogP contribution in [0.4, 0.5) is 0 Å². The summed E-state index contributed by atoms with van der Waals surface area (Å²) in [6.07, 6.45) is 17.1. The van der Waals surface area contributed by atoms with Gasteiger partial charge in [0, 0.05) is 0 Å². The summed E-state index contributed by atoms with van der Waals surface area (Å²) in [6.45, 7) is 9.05. The van der Waals surface area contributed by atoms with Crippen molar-refractivity contribution in [3.05, 3.63) is 28.3 Å². The fourth-order valence-corrected chi connectivity index (χ4v) is 3.79. The van der Waals surface area contributed by atoms with E-state index in [1.807, 2.05) is 0 Å². The van der Waals surface area contributed by atoms with Crippen LogP contribution in [0.25, 0.3) is 0 Å². The van der Waals surface area contributed by atoms with Gasteiger partial charge in [-0.15, -0.1) is 0 Å². The standard InChI is InChI=1S/C24H42O/c1-5-9-13-14-18-21-20(15-10-6-2)19-24(25)23(17-12-8-4)22(21)16-11-7-3/h19,25H,5-18H2,1-4H3. The lowest BCUT2D eigenvalue weighted by Crippen LogP contribution is -2.07. The Hall–Kier alpha value is -0.980. The Labute approximate surface area is 157 Å². The summed E-state index contributed by atoms with van der Waals surface area (Å²) in [4.78, 5) is 0. The van der Waals surface area contributed by atoms with Crippen LogP contribution in [-0.4, -0.2) is 5.11 Å². The highest BCUT2D eigenvalue weighted by atomic mass is 16.3. The van der Waals surface area contributed by atoms with Crippen LogP contribution in [-0.2, 0) is 25.7 Å². The topological polar surface area (TPSA) is 20.2 Å². The van der Waals surface area contributed by atoms with E-state index in [4.69, 9.17) is 0 Å². The minimum atomic E-state index is 0.572. The second kappa shape index (κ2) is 13.3. The maximum atomic E-state index is 10.7. The minimum absolute atomic E-state index is 0.572. The summed E-state index contributed by atoms with van der Waals surface area (Å²) in [5, 5.41) is 10.7. The Kier molecular flexibility index (Phi) is 11.7. The highest BCUT2D eigenvalue weighted by molar-refractivity contribution is 5.50. The molecule has 0 bridgehead atoms. The number of unbranched alkanes of at least 4 members (excludes halogenated alkanes) is 6. The Morgan fingerprint density at radius 1 is 0.560 bits per heavy atom. The molecule has 1 rings (SSSR count). The average Bonchev–Trinajstić information content (AvgIpc) is 2.62. The Morgan fingerprint density at radius 3 is 1.68 bits per heavy atom. The summed E-state index contributed by atoms with van der Waals surface area (Å²) in [7, 11) is 0. The molecule has 1 aromatic carbocycles. The smallest absolute Gasteiger partial charge is 0.119 e. The molecule has 0 aliphatic carbocycles. The van der Waals surface area contributed by atoms with E-state index < -0.39 is 0 Å². The highest BCUT2D eigenvalue weighted by Gasteiger charge is 2.17. The molecule has 0 unspecified atom stereocenters. The third-order valence-electron chi connectivity index (χ3n) is 5.38. The second-order valence-corrected chi connectivity index (χ2v) is 7.61. The molecule has 0 amide bonds. The summed E-state index contributed by atoms with van der Waals surface area (Å²) in [5.41, 5.74) is 5.81. The molecule has 0 saturated heterocycles. The molecule has 0 aliphatic heterocycles. The number of aryl methyl sites for hydroxylation is 1. The van der Waals surface area contributed by atoms with E-state index in [0.717, 1.165) is 19.3 Å². The van der Waals surface area contributed by atoms with Crippen molar-refractivity contribution in [1.29, 1.82) is 0 Å². The molecule has 1 aromatic rings. The Balaban J connectivity index is 3.18. The quantitative estimate of drug-likeness (QED) is 0.345. The molecular weight excluding hydrogens is 304 g/mol. The van der Waals surface area contributed by atoms with Gasteiger partial charge in [-0.25, -0.2) is 0 Å². The van der Waals surface area contributed by atoms with E-state index in [2.05, 4.69) is 33.8 Å². The van der Waals surface area contributed by atoms with Crippen LogP contribution in [0.2, 0.25) is 0 Å². The van der Waals surface area contributed by atoms with Gasteiger partial charge >= 0.3 is 0 Å². The summed E-state index contributed by atoms with van der Waals surface area (Å²) in [6, 6.07) is 2.12. The predicted octanol–water partition coefficient (Wildman–Crippen LogP) is 7.54. The number of hydrogen-bond acceptors (Lipinski definition) is 1. The van der Waals surface area contributed by atoms with Gasteiger partial charge in [-0.2, -0.15) is 0 Å². The maximum Gasteiger partial charge on any atom is 0.119 e. The molecule has 144 valence electrons. The van der Waals surface area contributed by atoms with Gasteiger partial charge in [-0.1, -0.05) is 66.2 Å². The Morgan fingerprint density at radius 2 is 1.08 bits per heavy atom. The van der Waals surface area contributed by atoms with Crippen molar-refractivity contribution in [3.63, 3.8) is 0 Å². The molecule has 0 fully saturated rings. The van der Waals surface area contributed by atoms with Gasteiger partial charge in [-0.05, 0) is 79.7 Å². The average molecular weight is 347 g/mol. The zero-order chi connectivity index (χ0) is 18.5.